The normalized spacial score (nSPS) is 12.8. The minimum atomic E-state index is -0.273. The van der Waals surface area contributed by atoms with Crippen molar-refractivity contribution in [3.63, 3.8) is 0 Å². The molecule has 0 fully saturated rings. The van der Waals surface area contributed by atoms with Crippen molar-refractivity contribution in [1.82, 2.24) is 5.32 Å². The van der Waals surface area contributed by atoms with Crippen molar-refractivity contribution in [2.24, 2.45) is 0 Å². The van der Waals surface area contributed by atoms with E-state index >= 15 is 0 Å². The van der Waals surface area contributed by atoms with Gasteiger partial charge in [-0.3, -0.25) is 0 Å². The summed E-state index contributed by atoms with van der Waals surface area (Å²) in [5.41, 5.74) is 1.67. The van der Waals surface area contributed by atoms with Gasteiger partial charge in [0.05, 0.1) is 11.1 Å². The van der Waals surface area contributed by atoms with Crippen LogP contribution in [0.3, 0.4) is 0 Å². The lowest BCUT2D eigenvalue weighted by atomic mass is 10.0. The van der Waals surface area contributed by atoms with Crippen LogP contribution in [0.4, 0.5) is 4.39 Å². The maximum atomic E-state index is 13.3. The van der Waals surface area contributed by atoms with Crippen molar-refractivity contribution >= 4 is 38.5 Å². The molecule has 1 heterocycles. The summed E-state index contributed by atoms with van der Waals surface area (Å²) >= 11 is 9.44. The van der Waals surface area contributed by atoms with E-state index in [1.165, 1.54) is 12.1 Å². The maximum absolute atomic E-state index is 13.3. The molecule has 0 spiro atoms. The van der Waals surface area contributed by atoms with Crippen LogP contribution in [0.2, 0.25) is 5.02 Å². The van der Waals surface area contributed by atoms with Gasteiger partial charge >= 0.3 is 0 Å². The van der Waals surface area contributed by atoms with E-state index in [-0.39, 0.29) is 11.9 Å². The van der Waals surface area contributed by atoms with Crippen LogP contribution in [0.25, 0.3) is 11.0 Å². The third-order valence-electron chi connectivity index (χ3n) is 3.35. The first-order chi connectivity index (χ1) is 10.1. The van der Waals surface area contributed by atoms with E-state index in [0.717, 1.165) is 21.2 Å². The van der Waals surface area contributed by atoms with E-state index < -0.39 is 0 Å². The van der Waals surface area contributed by atoms with Crippen LogP contribution in [-0.4, -0.2) is 7.05 Å². The molecule has 0 saturated carbocycles. The fourth-order valence-corrected chi connectivity index (χ4v) is 2.86. The average Bonchev–Trinajstić information content (AvgIpc) is 2.86. The van der Waals surface area contributed by atoms with Crippen LogP contribution in [0.5, 0.6) is 0 Å². The molecule has 0 aliphatic heterocycles. The number of furan rings is 1. The zero-order chi connectivity index (χ0) is 15.0. The minimum Gasteiger partial charge on any atom is -0.459 e. The van der Waals surface area contributed by atoms with E-state index in [2.05, 4.69) is 21.2 Å². The van der Waals surface area contributed by atoms with Gasteiger partial charge < -0.3 is 9.73 Å². The van der Waals surface area contributed by atoms with Crippen LogP contribution in [0.15, 0.2) is 51.4 Å². The second kappa shape index (κ2) is 5.79. The molecule has 0 radical (unpaired) electrons. The predicted molar refractivity (Wildman–Crippen MR) is 86.2 cm³/mol. The maximum Gasteiger partial charge on any atom is 0.134 e. The first-order valence-electron chi connectivity index (χ1n) is 6.39. The van der Waals surface area contributed by atoms with E-state index in [4.69, 9.17) is 16.0 Å². The average molecular weight is 369 g/mol. The molecule has 5 heteroatoms. The summed E-state index contributed by atoms with van der Waals surface area (Å²) in [6, 6.07) is 11.9. The second-order valence-corrected chi connectivity index (χ2v) is 5.99. The number of fused-ring (bicyclic) bond motifs is 1. The molecule has 0 amide bonds. The lowest BCUT2D eigenvalue weighted by Gasteiger charge is -2.14. The minimum absolute atomic E-state index is 0.131. The summed E-state index contributed by atoms with van der Waals surface area (Å²) in [6.45, 7) is 0. The van der Waals surface area contributed by atoms with Crippen molar-refractivity contribution in [2.75, 3.05) is 7.05 Å². The summed E-state index contributed by atoms with van der Waals surface area (Å²) < 4.78 is 19.9. The SMILES string of the molecule is CNC(c1ccc(Cl)c(Br)c1)c1cc2cc(F)ccc2o1. The Kier molecular flexibility index (Phi) is 4.02. The molecule has 108 valence electrons. The zero-order valence-corrected chi connectivity index (χ0v) is 13.5. The van der Waals surface area contributed by atoms with E-state index in [0.29, 0.717) is 10.6 Å². The number of benzene rings is 2. The molecule has 21 heavy (non-hydrogen) atoms. The van der Waals surface area contributed by atoms with Crippen molar-refractivity contribution in [2.45, 2.75) is 6.04 Å². The molecule has 1 unspecified atom stereocenters. The summed E-state index contributed by atoms with van der Waals surface area (Å²) in [5, 5.41) is 4.61. The molecule has 0 aliphatic rings. The Hall–Kier alpha value is -1.36. The van der Waals surface area contributed by atoms with Gasteiger partial charge in [-0.15, -0.1) is 0 Å². The summed E-state index contributed by atoms with van der Waals surface area (Å²) in [7, 11) is 1.85. The molecule has 2 aromatic carbocycles. The number of halogens is 3. The van der Waals surface area contributed by atoms with Crippen molar-refractivity contribution < 1.29 is 8.81 Å². The zero-order valence-electron chi connectivity index (χ0n) is 11.2. The smallest absolute Gasteiger partial charge is 0.134 e. The van der Waals surface area contributed by atoms with E-state index in [1.807, 2.05) is 31.3 Å². The Morgan fingerprint density at radius 1 is 1.19 bits per heavy atom. The molecule has 0 saturated heterocycles. The fraction of sp³-hybridized carbons (Fsp3) is 0.125. The first kappa shape index (κ1) is 14.6. The number of hydrogen-bond donors (Lipinski definition) is 1. The van der Waals surface area contributed by atoms with Gasteiger partial charge in [0.1, 0.15) is 17.2 Å². The highest BCUT2D eigenvalue weighted by Gasteiger charge is 2.18. The molecule has 3 rings (SSSR count). The van der Waals surface area contributed by atoms with Crippen LogP contribution >= 0.6 is 27.5 Å². The molecule has 1 aromatic heterocycles. The van der Waals surface area contributed by atoms with Gasteiger partial charge in [0.25, 0.3) is 0 Å². The molecule has 2 nitrogen and oxygen atoms in total. The Morgan fingerprint density at radius 3 is 2.71 bits per heavy atom. The summed E-state index contributed by atoms with van der Waals surface area (Å²) in [5.74, 6) is 0.456. The highest BCUT2D eigenvalue weighted by atomic mass is 79.9. The number of hydrogen-bond acceptors (Lipinski definition) is 2. The van der Waals surface area contributed by atoms with Gasteiger partial charge in [-0.2, -0.15) is 0 Å². The topological polar surface area (TPSA) is 25.2 Å². The first-order valence-corrected chi connectivity index (χ1v) is 7.57. The molecule has 0 aliphatic carbocycles. The van der Waals surface area contributed by atoms with Crippen LogP contribution in [-0.2, 0) is 0 Å². The van der Waals surface area contributed by atoms with Crippen LogP contribution in [0, 0.1) is 5.82 Å². The molecule has 3 aromatic rings. The Balaban J connectivity index is 2.06. The van der Waals surface area contributed by atoms with Gasteiger partial charge in [0.2, 0.25) is 0 Å². The van der Waals surface area contributed by atoms with Gasteiger partial charge in [-0.25, -0.2) is 4.39 Å². The molecule has 1 N–H and O–H groups in total. The molecular weight excluding hydrogens is 357 g/mol. The van der Waals surface area contributed by atoms with Crippen LogP contribution in [0.1, 0.15) is 17.4 Å². The highest BCUT2D eigenvalue weighted by Crippen LogP contribution is 2.32. The second-order valence-electron chi connectivity index (χ2n) is 4.73. The van der Waals surface area contributed by atoms with Gasteiger partial charge in [-0.1, -0.05) is 17.7 Å². The quantitative estimate of drug-likeness (QED) is 0.679. The third kappa shape index (κ3) is 2.84. The Morgan fingerprint density at radius 2 is 2.00 bits per heavy atom. The van der Waals surface area contributed by atoms with Crippen molar-refractivity contribution in [1.29, 1.82) is 0 Å². The molecule has 1 atom stereocenters. The predicted octanol–water partition coefficient (Wildman–Crippen LogP) is 5.30. The number of nitrogens with one attached hydrogen (secondary N) is 1. The highest BCUT2D eigenvalue weighted by molar-refractivity contribution is 9.10. The van der Waals surface area contributed by atoms with Gasteiger partial charge in [-0.05, 0) is 64.9 Å². The van der Waals surface area contributed by atoms with Crippen molar-refractivity contribution in [3.05, 3.63) is 69.1 Å². The standard InChI is InChI=1S/C16H12BrClFNO/c1-20-16(9-2-4-13(18)12(17)7-9)15-8-10-6-11(19)3-5-14(10)21-15/h2-8,16,20H,1H3. The molecule has 0 bridgehead atoms. The van der Waals surface area contributed by atoms with Gasteiger partial charge in [0, 0.05) is 9.86 Å². The lowest BCUT2D eigenvalue weighted by Crippen LogP contribution is -2.16. The number of rotatable bonds is 3. The van der Waals surface area contributed by atoms with Crippen LogP contribution < -0.4 is 5.32 Å². The van der Waals surface area contributed by atoms with Crippen molar-refractivity contribution in [3.8, 4) is 0 Å². The monoisotopic (exact) mass is 367 g/mol. The largest absolute Gasteiger partial charge is 0.459 e. The van der Waals surface area contributed by atoms with Gasteiger partial charge in [0.15, 0.2) is 0 Å². The van der Waals surface area contributed by atoms with E-state index in [1.54, 1.807) is 6.07 Å². The lowest BCUT2D eigenvalue weighted by molar-refractivity contribution is 0.491. The third-order valence-corrected chi connectivity index (χ3v) is 4.56. The van der Waals surface area contributed by atoms with E-state index in [9.17, 15) is 4.39 Å². The Labute approximate surface area is 135 Å². The Bertz CT molecular complexity index is 802. The summed E-state index contributed by atoms with van der Waals surface area (Å²) in [4.78, 5) is 0. The summed E-state index contributed by atoms with van der Waals surface area (Å²) in [6.07, 6.45) is 0. The molecular formula is C16H12BrClFNO. The fourth-order valence-electron chi connectivity index (χ4n) is 2.34.